The molecule has 0 radical (unpaired) electrons. The normalized spacial score (nSPS) is 10.6. The molecule has 0 aliphatic heterocycles. The number of para-hydroxylation sites is 1. The molecule has 0 spiro atoms. The van der Waals surface area contributed by atoms with Crippen molar-refractivity contribution in [3.8, 4) is 0 Å². The number of hydrogen-bond acceptors (Lipinski definition) is 2. The molecule has 0 saturated carbocycles. The summed E-state index contributed by atoms with van der Waals surface area (Å²) >= 11 is 0. The molecular formula is C17H20FNO. The second kappa shape index (κ2) is 7.06. The van der Waals surface area contributed by atoms with Crippen molar-refractivity contribution in [2.45, 2.75) is 19.9 Å². The summed E-state index contributed by atoms with van der Waals surface area (Å²) in [5.41, 5.74) is 4.09. The number of ether oxygens (including phenoxy) is 1. The van der Waals surface area contributed by atoms with E-state index in [2.05, 4.69) is 17.4 Å². The highest BCUT2D eigenvalue weighted by atomic mass is 19.1. The van der Waals surface area contributed by atoms with Crippen LogP contribution in [0.4, 0.5) is 10.1 Å². The van der Waals surface area contributed by atoms with Gasteiger partial charge in [-0.05, 0) is 42.2 Å². The van der Waals surface area contributed by atoms with Crippen molar-refractivity contribution in [1.82, 2.24) is 0 Å². The Morgan fingerprint density at radius 3 is 2.70 bits per heavy atom. The number of methoxy groups -OCH3 is 1. The van der Waals surface area contributed by atoms with Gasteiger partial charge in [0.05, 0.1) is 6.61 Å². The molecule has 0 aliphatic rings. The summed E-state index contributed by atoms with van der Waals surface area (Å²) in [6.45, 7) is 3.17. The van der Waals surface area contributed by atoms with E-state index in [1.165, 1.54) is 11.6 Å². The molecule has 2 rings (SSSR count). The molecule has 0 fully saturated rings. The van der Waals surface area contributed by atoms with Crippen LogP contribution < -0.4 is 5.32 Å². The molecule has 1 N–H and O–H groups in total. The highest BCUT2D eigenvalue weighted by Crippen LogP contribution is 2.17. The van der Waals surface area contributed by atoms with Crippen LogP contribution in [0.25, 0.3) is 0 Å². The summed E-state index contributed by atoms with van der Waals surface area (Å²) in [5.74, 6) is -0.158. The van der Waals surface area contributed by atoms with Gasteiger partial charge in [-0.3, -0.25) is 0 Å². The quantitative estimate of drug-likeness (QED) is 0.861. The van der Waals surface area contributed by atoms with Gasteiger partial charge in [-0.25, -0.2) is 4.39 Å². The first-order valence-corrected chi connectivity index (χ1v) is 6.76. The Kier molecular flexibility index (Phi) is 5.13. The van der Waals surface area contributed by atoms with Gasteiger partial charge in [-0.1, -0.05) is 30.3 Å². The topological polar surface area (TPSA) is 21.3 Å². The maximum absolute atomic E-state index is 13.2. The summed E-state index contributed by atoms with van der Waals surface area (Å²) in [4.78, 5) is 0. The molecule has 0 atom stereocenters. The highest BCUT2D eigenvalue weighted by molar-refractivity contribution is 5.51. The van der Waals surface area contributed by atoms with E-state index in [9.17, 15) is 4.39 Å². The Hall–Kier alpha value is -1.87. The van der Waals surface area contributed by atoms with Crippen LogP contribution in [0.5, 0.6) is 0 Å². The molecule has 2 aromatic rings. The standard InChI is InChI=1S/C17H20FNO/c1-13-11-14(7-8-16(13)18)12-19-17-6-4-3-5-15(17)9-10-20-2/h3-8,11,19H,9-10,12H2,1-2H3. The van der Waals surface area contributed by atoms with E-state index in [-0.39, 0.29) is 5.82 Å². The predicted octanol–water partition coefficient (Wildman–Crippen LogP) is 3.94. The van der Waals surface area contributed by atoms with E-state index in [1.807, 2.05) is 24.3 Å². The van der Waals surface area contributed by atoms with Crippen LogP contribution in [-0.4, -0.2) is 13.7 Å². The molecule has 106 valence electrons. The fourth-order valence-electron chi connectivity index (χ4n) is 2.14. The second-order valence-electron chi connectivity index (χ2n) is 4.84. The van der Waals surface area contributed by atoms with Crippen molar-refractivity contribution in [2.24, 2.45) is 0 Å². The molecule has 0 amide bonds. The van der Waals surface area contributed by atoms with Gasteiger partial charge in [0, 0.05) is 19.3 Å². The van der Waals surface area contributed by atoms with Crippen molar-refractivity contribution in [3.63, 3.8) is 0 Å². The Labute approximate surface area is 119 Å². The molecule has 0 bridgehead atoms. The smallest absolute Gasteiger partial charge is 0.126 e. The molecule has 0 saturated heterocycles. The number of nitrogens with one attached hydrogen (secondary N) is 1. The number of halogens is 1. The SMILES string of the molecule is COCCc1ccccc1NCc1ccc(F)c(C)c1. The summed E-state index contributed by atoms with van der Waals surface area (Å²) in [5, 5.41) is 3.41. The lowest BCUT2D eigenvalue weighted by atomic mass is 10.1. The lowest BCUT2D eigenvalue weighted by Gasteiger charge is -2.12. The number of rotatable bonds is 6. The minimum absolute atomic E-state index is 0.158. The van der Waals surface area contributed by atoms with Crippen LogP contribution in [0.3, 0.4) is 0 Å². The largest absolute Gasteiger partial charge is 0.384 e. The first kappa shape index (κ1) is 14.5. The number of aryl methyl sites for hydroxylation is 1. The van der Waals surface area contributed by atoms with Gasteiger partial charge < -0.3 is 10.1 Å². The fraction of sp³-hybridized carbons (Fsp3) is 0.294. The van der Waals surface area contributed by atoms with E-state index < -0.39 is 0 Å². The molecule has 0 heterocycles. The molecular weight excluding hydrogens is 253 g/mol. The summed E-state index contributed by atoms with van der Waals surface area (Å²) in [6.07, 6.45) is 0.877. The predicted molar refractivity (Wildman–Crippen MR) is 80.5 cm³/mol. The molecule has 2 aromatic carbocycles. The summed E-state index contributed by atoms with van der Waals surface area (Å²) in [6, 6.07) is 13.4. The van der Waals surface area contributed by atoms with Gasteiger partial charge >= 0.3 is 0 Å². The van der Waals surface area contributed by atoms with Gasteiger partial charge in [-0.2, -0.15) is 0 Å². The molecule has 3 heteroatoms. The lowest BCUT2D eigenvalue weighted by Crippen LogP contribution is -2.04. The van der Waals surface area contributed by atoms with Gasteiger partial charge in [0.2, 0.25) is 0 Å². The minimum atomic E-state index is -0.158. The molecule has 0 unspecified atom stereocenters. The van der Waals surface area contributed by atoms with E-state index >= 15 is 0 Å². The van der Waals surface area contributed by atoms with Crippen molar-refractivity contribution in [1.29, 1.82) is 0 Å². The Morgan fingerprint density at radius 1 is 1.15 bits per heavy atom. The maximum Gasteiger partial charge on any atom is 0.126 e. The van der Waals surface area contributed by atoms with Crippen LogP contribution in [0.2, 0.25) is 0 Å². The van der Waals surface area contributed by atoms with Gasteiger partial charge in [0.1, 0.15) is 5.82 Å². The number of hydrogen-bond donors (Lipinski definition) is 1. The second-order valence-corrected chi connectivity index (χ2v) is 4.84. The zero-order valence-electron chi connectivity index (χ0n) is 11.9. The average molecular weight is 273 g/mol. The van der Waals surface area contributed by atoms with Gasteiger partial charge in [0.15, 0.2) is 0 Å². The molecule has 0 aromatic heterocycles. The number of benzene rings is 2. The minimum Gasteiger partial charge on any atom is -0.384 e. The molecule has 0 aliphatic carbocycles. The monoisotopic (exact) mass is 273 g/mol. The van der Waals surface area contributed by atoms with Crippen molar-refractivity contribution >= 4 is 5.69 Å². The average Bonchev–Trinajstić information content (AvgIpc) is 2.47. The van der Waals surface area contributed by atoms with Crippen LogP contribution in [-0.2, 0) is 17.7 Å². The van der Waals surface area contributed by atoms with Crippen LogP contribution in [0.15, 0.2) is 42.5 Å². The molecule has 2 nitrogen and oxygen atoms in total. The van der Waals surface area contributed by atoms with Crippen LogP contribution >= 0.6 is 0 Å². The Bertz CT molecular complexity index is 569. The Balaban J connectivity index is 2.04. The number of anilines is 1. The highest BCUT2D eigenvalue weighted by Gasteiger charge is 2.03. The van der Waals surface area contributed by atoms with Crippen molar-refractivity contribution < 1.29 is 9.13 Å². The summed E-state index contributed by atoms with van der Waals surface area (Å²) in [7, 11) is 1.71. The third kappa shape index (κ3) is 3.81. The first-order valence-electron chi connectivity index (χ1n) is 6.76. The zero-order chi connectivity index (χ0) is 14.4. The van der Waals surface area contributed by atoms with E-state index in [4.69, 9.17) is 4.74 Å². The zero-order valence-corrected chi connectivity index (χ0v) is 11.9. The van der Waals surface area contributed by atoms with E-state index in [0.717, 1.165) is 17.7 Å². The molecule has 20 heavy (non-hydrogen) atoms. The van der Waals surface area contributed by atoms with E-state index in [0.29, 0.717) is 18.7 Å². The van der Waals surface area contributed by atoms with Gasteiger partial charge in [-0.15, -0.1) is 0 Å². The Morgan fingerprint density at radius 2 is 1.95 bits per heavy atom. The third-order valence-corrected chi connectivity index (χ3v) is 3.30. The van der Waals surface area contributed by atoms with E-state index in [1.54, 1.807) is 14.0 Å². The maximum atomic E-state index is 13.2. The van der Waals surface area contributed by atoms with Crippen LogP contribution in [0.1, 0.15) is 16.7 Å². The first-order chi connectivity index (χ1) is 9.70. The van der Waals surface area contributed by atoms with Crippen molar-refractivity contribution in [3.05, 3.63) is 65.0 Å². The van der Waals surface area contributed by atoms with Crippen LogP contribution in [0, 0.1) is 12.7 Å². The lowest BCUT2D eigenvalue weighted by molar-refractivity contribution is 0.202. The van der Waals surface area contributed by atoms with Crippen molar-refractivity contribution in [2.75, 3.05) is 19.0 Å². The summed E-state index contributed by atoms with van der Waals surface area (Å²) < 4.78 is 18.4. The third-order valence-electron chi connectivity index (χ3n) is 3.30. The fourth-order valence-corrected chi connectivity index (χ4v) is 2.14. The van der Waals surface area contributed by atoms with Gasteiger partial charge in [0.25, 0.3) is 0 Å².